The average Bonchev–Trinajstić information content (AvgIpc) is 2.95. The summed E-state index contributed by atoms with van der Waals surface area (Å²) in [6.45, 7) is 7.63. The molecule has 0 spiro atoms. The van der Waals surface area contributed by atoms with Crippen molar-refractivity contribution in [1.82, 2.24) is 4.90 Å². The topological polar surface area (TPSA) is 55.5 Å². The highest BCUT2D eigenvalue weighted by atomic mass is 16.5. The van der Waals surface area contributed by atoms with Gasteiger partial charge in [-0.2, -0.15) is 0 Å². The zero-order valence-electron chi connectivity index (χ0n) is 16.9. The summed E-state index contributed by atoms with van der Waals surface area (Å²) in [7, 11) is 1.72. The van der Waals surface area contributed by atoms with Gasteiger partial charge in [0, 0.05) is 5.56 Å². The molecule has 2 fully saturated rings. The van der Waals surface area contributed by atoms with E-state index in [4.69, 9.17) is 4.74 Å². The first-order chi connectivity index (χ1) is 13.6. The average molecular weight is 386 g/mol. The van der Waals surface area contributed by atoms with Gasteiger partial charge in [0.25, 0.3) is 0 Å². The smallest absolute Gasteiger partial charge is 0.237 e. The van der Waals surface area contributed by atoms with E-state index in [0.29, 0.717) is 6.67 Å². The third-order valence-electron chi connectivity index (χ3n) is 6.52. The number of rotatable bonds is 5. The van der Waals surface area contributed by atoms with Crippen molar-refractivity contribution in [2.75, 3.05) is 40.0 Å². The summed E-state index contributed by atoms with van der Waals surface area (Å²) in [4.78, 5) is 29.8. The number of ether oxygens (including phenoxy) is 1. The second kappa shape index (κ2) is 8.05. The van der Waals surface area contributed by atoms with E-state index in [-0.39, 0.29) is 23.7 Å². The molecule has 2 amide bonds. The lowest BCUT2D eigenvalue weighted by atomic mass is 9.85. The van der Waals surface area contributed by atoms with Crippen LogP contribution >= 0.6 is 0 Å². The third kappa shape index (κ3) is 3.71. The van der Waals surface area contributed by atoms with Gasteiger partial charge in [-0.1, -0.05) is 23.8 Å². The summed E-state index contributed by atoms with van der Waals surface area (Å²) < 4.78 is 5.52. The molecular weight excluding hydrogens is 354 g/mol. The van der Waals surface area contributed by atoms with Crippen molar-refractivity contribution in [3.63, 3.8) is 0 Å². The maximum atomic E-state index is 12.7. The van der Waals surface area contributed by atoms with Crippen molar-refractivity contribution in [1.29, 1.82) is 0 Å². The Morgan fingerprint density at radius 2 is 1.61 bits per heavy atom. The highest BCUT2D eigenvalue weighted by Crippen LogP contribution is 2.34. The van der Waals surface area contributed by atoms with Crippen LogP contribution in [0.3, 0.4) is 0 Å². The molecule has 6 heteroatoms. The van der Waals surface area contributed by atoms with Gasteiger partial charge >= 0.3 is 0 Å². The Bertz CT molecular complexity index is 757. The Morgan fingerprint density at radius 3 is 2.21 bits per heavy atom. The summed E-state index contributed by atoms with van der Waals surface area (Å²) in [5, 5.41) is 0. The molecular formula is C22H31N3O3+2. The predicted octanol–water partition coefficient (Wildman–Crippen LogP) is -0.804. The first-order valence-electron chi connectivity index (χ1n) is 10.4. The number of nitrogens with one attached hydrogen (secondary N) is 2. The van der Waals surface area contributed by atoms with Crippen LogP contribution in [0, 0.1) is 18.8 Å². The molecule has 0 aromatic heterocycles. The number of fused-ring (bicyclic) bond motifs is 1. The Balaban J connectivity index is 1.32. The standard InChI is InChI=1S/C22H29N3O3/c1-16-7-8-20(28-2)17(13-16)14-23-9-11-24(12-10-23)15-25-21(26)18-5-3-4-6-19(18)22(25)27/h3-4,7-8,13,18-19H,5-6,9-12,14-15H2,1-2H3/p+2/t18-,19-/m0/s1. The number of piperazine rings is 1. The quantitative estimate of drug-likeness (QED) is 0.515. The van der Waals surface area contributed by atoms with E-state index < -0.39 is 0 Å². The summed E-state index contributed by atoms with van der Waals surface area (Å²) in [6, 6.07) is 6.34. The summed E-state index contributed by atoms with van der Waals surface area (Å²) in [5.74, 6) is 0.824. The number of methoxy groups -OCH3 is 1. The van der Waals surface area contributed by atoms with Crippen LogP contribution in [0.1, 0.15) is 24.0 Å². The predicted molar refractivity (Wildman–Crippen MR) is 105 cm³/mol. The Morgan fingerprint density at radius 1 is 1.00 bits per heavy atom. The Hall–Kier alpha value is -2.18. The lowest BCUT2D eigenvalue weighted by molar-refractivity contribution is -1.02. The molecule has 2 N–H and O–H groups in total. The summed E-state index contributed by atoms with van der Waals surface area (Å²) >= 11 is 0. The number of allylic oxidation sites excluding steroid dienone is 2. The first kappa shape index (κ1) is 19.2. The van der Waals surface area contributed by atoms with Gasteiger partial charge in [0.15, 0.2) is 6.67 Å². The van der Waals surface area contributed by atoms with E-state index in [1.54, 1.807) is 12.0 Å². The van der Waals surface area contributed by atoms with Gasteiger partial charge in [0.05, 0.1) is 18.9 Å². The molecule has 0 unspecified atom stereocenters. The molecule has 1 aromatic carbocycles. The lowest BCUT2D eigenvalue weighted by Gasteiger charge is -2.31. The van der Waals surface area contributed by atoms with Crippen molar-refractivity contribution < 1.29 is 24.1 Å². The number of carbonyl (C=O) groups is 2. The molecule has 0 bridgehead atoms. The molecule has 2 atom stereocenters. The number of imide groups is 1. The maximum Gasteiger partial charge on any atom is 0.237 e. The molecule has 0 saturated carbocycles. The molecule has 1 aliphatic carbocycles. The molecule has 2 saturated heterocycles. The molecule has 1 aromatic rings. The van der Waals surface area contributed by atoms with E-state index in [1.165, 1.54) is 20.9 Å². The second-order valence-electron chi connectivity index (χ2n) is 8.41. The van der Waals surface area contributed by atoms with Gasteiger partial charge in [0.2, 0.25) is 11.8 Å². The van der Waals surface area contributed by atoms with Gasteiger partial charge in [-0.3, -0.25) is 9.59 Å². The minimum atomic E-state index is -0.113. The van der Waals surface area contributed by atoms with Crippen molar-refractivity contribution in [2.24, 2.45) is 11.8 Å². The number of hydrogen-bond acceptors (Lipinski definition) is 3. The van der Waals surface area contributed by atoms with Crippen LogP contribution in [0.25, 0.3) is 0 Å². The molecule has 28 heavy (non-hydrogen) atoms. The van der Waals surface area contributed by atoms with Gasteiger partial charge in [-0.05, 0) is 31.9 Å². The summed E-state index contributed by atoms with van der Waals surface area (Å²) in [6.07, 6.45) is 5.53. The molecule has 0 radical (unpaired) electrons. The monoisotopic (exact) mass is 385 g/mol. The number of likely N-dealkylation sites (tertiary alicyclic amines) is 1. The van der Waals surface area contributed by atoms with Crippen molar-refractivity contribution in [3.8, 4) is 5.75 Å². The fourth-order valence-corrected chi connectivity index (χ4v) is 4.86. The number of nitrogens with zero attached hydrogens (tertiary/aromatic N) is 1. The number of hydrogen-bond donors (Lipinski definition) is 2. The van der Waals surface area contributed by atoms with Crippen molar-refractivity contribution >= 4 is 11.8 Å². The zero-order valence-corrected chi connectivity index (χ0v) is 16.9. The van der Waals surface area contributed by atoms with E-state index in [9.17, 15) is 9.59 Å². The zero-order chi connectivity index (χ0) is 19.7. The summed E-state index contributed by atoms with van der Waals surface area (Å²) in [5.41, 5.74) is 2.50. The van der Waals surface area contributed by atoms with Gasteiger partial charge in [-0.25, -0.2) is 4.90 Å². The third-order valence-corrected chi connectivity index (χ3v) is 6.52. The molecule has 2 heterocycles. The van der Waals surface area contributed by atoms with E-state index in [1.807, 2.05) is 18.2 Å². The highest BCUT2D eigenvalue weighted by Gasteiger charge is 2.48. The maximum absolute atomic E-state index is 12.7. The van der Waals surface area contributed by atoms with Crippen LogP contribution < -0.4 is 14.5 Å². The highest BCUT2D eigenvalue weighted by molar-refractivity contribution is 6.05. The van der Waals surface area contributed by atoms with Crippen LogP contribution in [0.5, 0.6) is 5.75 Å². The largest absolute Gasteiger partial charge is 0.496 e. The van der Waals surface area contributed by atoms with Crippen LogP contribution in [0.15, 0.2) is 30.4 Å². The number of aryl methyl sites for hydroxylation is 1. The first-order valence-corrected chi connectivity index (χ1v) is 10.4. The van der Waals surface area contributed by atoms with Crippen molar-refractivity contribution in [2.45, 2.75) is 26.3 Å². The fourth-order valence-electron chi connectivity index (χ4n) is 4.86. The number of carbonyl (C=O) groups excluding carboxylic acids is 2. The van der Waals surface area contributed by atoms with Gasteiger partial charge in [0.1, 0.15) is 38.5 Å². The minimum Gasteiger partial charge on any atom is -0.496 e. The van der Waals surface area contributed by atoms with E-state index >= 15 is 0 Å². The van der Waals surface area contributed by atoms with E-state index in [0.717, 1.165) is 51.3 Å². The van der Waals surface area contributed by atoms with Crippen molar-refractivity contribution in [3.05, 3.63) is 41.5 Å². The minimum absolute atomic E-state index is 0.0473. The number of benzene rings is 1. The second-order valence-corrected chi connectivity index (χ2v) is 8.41. The molecule has 3 aliphatic rings. The van der Waals surface area contributed by atoms with Crippen LogP contribution in [-0.4, -0.2) is 56.7 Å². The number of amides is 2. The normalized spacial score (nSPS) is 29.9. The van der Waals surface area contributed by atoms with Gasteiger partial charge < -0.3 is 14.5 Å². The van der Waals surface area contributed by atoms with Crippen LogP contribution in [-0.2, 0) is 16.1 Å². The lowest BCUT2D eigenvalue weighted by Crippen LogP contribution is -3.28. The fraction of sp³-hybridized carbons (Fsp3) is 0.545. The molecule has 6 nitrogen and oxygen atoms in total. The van der Waals surface area contributed by atoms with E-state index in [2.05, 4.69) is 19.1 Å². The van der Waals surface area contributed by atoms with Crippen LogP contribution in [0.2, 0.25) is 0 Å². The Kier molecular flexibility index (Phi) is 5.51. The van der Waals surface area contributed by atoms with Crippen LogP contribution in [0.4, 0.5) is 0 Å². The molecule has 150 valence electrons. The number of quaternary nitrogens is 2. The van der Waals surface area contributed by atoms with Gasteiger partial charge in [-0.15, -0.1) is 0 Å². The molecule has 4 rings (SSSR count). The SMILES string of the molecule is COc1ccc(C)cc1C[NH+]1CC[NH+](CN2C(=O)[C@H]3CC=CC[C@@H]3C2=O)CC1. The Labute approximate surface area is 166 Å². The molecule has 2 aliphatic heterocycles.